The Balaban J connectivity index is 1.42. The van der Waals surface area contributed by atoms with Crippen molar-refractivity contribution in [1.29, 1.82) is 5.26 Å². The van der Waals surface area contributed by atoms with Gasteiger partial charge in [0.2, 0.25) is 5.91 Å². The van der Waals surface area contributed by atoms with Gasteiger partial charge < -0.3 is 15.7 Å². The first-order valence-electron chi connectivity index (χ1n) is 13.5. The molecule has 35 heavy (non-hydrogen) atoms. The molecule has 0 unspecified atom stereocenters. The second-order valence-corrected chi connectivity index (χ2v) is 11.7. The molecule has 7 atom stereocenters. The van der Waals surface area contributed by atoms with Crippen LogP contribution in [0.15, 0.2) is 24.3 Å². The number of hydrogen-bond donors (Lipinski definition) is 3. The van der Waals surface area contributed by atoms with Crippen molar-refractivity contribution < 1.29 is 14.7 Å². The smallest absolute Gasteiger partial charge is 0.251 e. The monoisotopic (exact) mass is 479 g/mol. The molecule has 0 heterocycles. The largest absolute Gasteiger partial charge is 0.392 e. The van der Waals surface area contributed by atoms with Gasteiger partial charge in [-0.2, -0.15) is 5.26 Å². The molecule has 2 amide bonds. The van der Waals surface area contributed by atoms with Crippen LogP contribution in [0.2, 0.25) is 0 Å². The Labute approximate surface area is 209 Å². The minimum absolute atomic E-state index is 0.0184. The van der Waals surface area contributed by atoms with Crippen LogP contribution in [0.25, 0.3) is 0 Å². The quantitative estimate of drug-likeness (QED) is 0.576. The lowest BCUT2D eigenvalue weighted by molar-refractivity contribution is -0.142. The molecule has 0 radical (unpaired) electrons. The first-order chi connectivity index (χ1) is 16.7. The number of nitrogens with one attached hydrogen (secondary N) is 2. The van der Waals surface area contributed by atoms with Gasteiger partial charge >= 0.3 is 0 Å². The fourth-order valence-corrected chi connectivity index (χ4v) is 7.22. The predicted octanol–water partition coefficient (Wildman–Crippen LogP) is 4.56. The molecule has 1 aromatic carbocycles. The van der Waals surface area contributed by atoms with E-state index < -0.39 is 6.10 Å². The average molecular weight is 480 g/mol. The van der Waals surface area contributed by atoms with Crippen molar-refractivity contribution in [3.05, 3.63) is 35.4 Å². The Hall–Kier alpha value is -2.39. The fraction of sp³-hybridized carbons (Fsp3) is 0.690. The molecule has 3 saturated carbocycles. The van der Waals surface area contributed by atoms with Crippen LogP contribution >= 0.6 is 0 Å². The van der Waals surface area contributed by atoms with Crippen LogP contribution in [0.1, 0.15) is 94.5 Å². The SMILES string of the molecule is C[C@@H]1[C@@H]2[C@@H](O)[C@@H]([C@H](C)C(=O)NC3CCCCC3)CC[C@]2(C)CC[C@@H]1NC(=O)c1ccc(C#N)cc1. The molecule has 4 rings (SSSR count). The van der Waals surface area contributed by atoms with Gasteiger partial charge in [-0.3, -0.25) is 9.59 Å². The van der Waals surface area contributed by atoms with Crippen LogP contribution in [0.5, 0.6) is 0 Å². The molecule has 6 nitrogen and oxygen atoms in total. The molecule has 3 aliphatic rings. The molecular weight excluding hydrogens is 438 g/mol. The second kappa shape index (κ2) is 10.7. The maximum atomic E-state index is 13.1. The van der Waals surface area contributed by atoms with Gasteiger partial charge in [-0.25, -0.2) is 0 Å². The van der Waals surface area contributed by atoms with Gasteiger partial charge in [0, 0.05) is 23.6 Å². The Morgan fingerprint density at radius 2 is 1.71 bits per heavy atom. The number of nitrogens with zero attached hydrogens (tertiary/aromatic N) is 1. The molecule has 3 N–H and O–H groups in total. The molecule has 0 aliphatic heterocycles. The van der Waals surface area contributed by atoms with Crippen molar-refractivity contribution in [3.63, 3.8) is 0 Å². The summed E-state index contributed by atoms with van der Waals surface area (Å²) in [6, 6.07) is 9.01. The van der Waals surface area contributed by atoms with E-state index in [1.54, 1.807) is 24.3 Å². The Kier molecular flexibility index (Phi) is 7.86. The summed E-state index contributed by atoms with van der Waals surface area (Å²) in [4.78, 5) is 26.0. The molecular formula is C29H41N3O3. The molecule has 190 valence electrons. The molecule has 0 spiro atoms. The molecule has 0 bridgehead atoms. The first-order valence-corrected chi connectivity index (χ1v) is 13.5. The zero-order valence-corrected chi connectivity index (χ0v) is 21.4. The summed E-state index contributed by atoms with van der Waals surface area (Å²) in [7, 11) is 0. The number of nitriles is 1. The second-order valence-electron chi connectivity index (χ2n) is 11.7. The van der Waals surface area contributed by atoms with Gasteiger partial charge in [0.05, 0.1) is 17.7 Å². The summed E-state index contributed by atoms with van der Waals surface area (Å²) >= 11 is 0. The van der Waals surface area contributed by atoms with Crippen molar-refractivity contribution in [2.75, 3.05) is 0 Å². The average Bonchev–Trinajstić information content (AvgIpc) is 2.86. The van der Waals surface area contributed by atoms with Gasteiger partial charge in [0.1, 0.15) is 0 Å². The summed E-state index contributed by atoms with van der Waals surface area (Å²) in [5.74, 6) is -0.214. The zero-order valence-electron chi connectivity index (χ0n) is 21.4. The van der Waals surface area contributed by atoms with E-state index in [2.05, 4.69) is 30.6 Å². The van der Waals surface area contributed by atoms with E-state index in [1.165, 1.54) is 19.3 Å². The minimum atomic E-state index is -0.564. The number of benzene rings is 1. The van der Waals surface area contributed by atoms with E-state index in [4.69, 9.17) is 5.26 Å². The normalized spacial score (nSPS) is 34.2. The Morgan fingerprint density at radius 3 is 2.37 bits per heavy atom. The molecule has 0 aromatic heterocycles. The maximum Gasteiger partial charge on any atom is 0.251 e. The predicted molar refractivity (Wildman–Crippen MR) is 135 cm³/mol. The van der Waals surface area contributed by atoms with Crippen molar-refractivity contribution in [2.24, 2.45) is 29.1 Å². The molecule has 6 heteroatoms. The molecule has 3 fully saturated rings. The zero-order chi connectivity index (χ0) is 25.2. The van der Waals surface area contributed by atoms with Crippen molar-refractivity contribution in [2.45, 2.75) is 96.7 Å². The van der Waals surface area contributed by atoms with Gasteiger partial charge in [0.25, 0.3) is 5.91 Å². The summed E-state index contributed by atoms with van der Waals surface area (Å²) < 4.78 is 0. The topological polar surface area (TPSA) is 102 Å². The third kappa shape index (κ3) is 5.40. The summed E-state index contributed by atoms with van der Waals surface area (Å²) in [6.45, 7) is 6.40. The number of carbonyl (C=O) groups is 2. The molecule has 3 aliphatic carbocycles. The van der Waals surface area contributed by atoms with E-state index in [1.807, 2.05) is 6.92 Å². The van der Waals surface area contributed by atoms with Crippen molar-refractivity contribution in [1.82, 2.24) is 10.6 Å². The van der Waals surface area contributed by atoms with E-state index in [0.717, 1.165) is 38.5 Å². The fourth-order valence-electron chi connectivity index (χ4n) is 7.22. The highest BCUT2D eigenvalue weighted by molar-refractivity contribution is 5.94. The summed E-state index contributed by atoms with van der Waals surface area (Å²) in [5, 5.41) is 27.1. The molecule has 1 aromatic rings. The van der Waals surface area contributed by atoms with Crippen LogP contribution < -0.4 is 10.6 Å². The van der Waals surface area contributed by atoms with Gasteiger partial charge in [0.15, 0.2) is 0 Å². The van der Waals surface area contributed by atoms with Crippen molar-refractivity contribution in [3.8, 4) is 6.07 Å². The van der Waals surface area contributed by atoms with Gasteiger partial charge in [-0.05, 0) is 86.0 Å². The van der Waals surface area contributed by atoms with Crippen LogP contribution in [0.3, 0.4) is 0 Å². The number of carbonyl (C=O) groups excluding carboxylic acids is 2. The maximum absolute atomic E-state index is 13.1. The lowest BCUT2D eigenvalue weighted by Crippen LogP contribution is -2.58. The number of aliphatic hydroxyl groups excluding tert-OH is 1. The molecule has 0 saturated heterocycles. The Morgan fingerprint density at radius 1 is 1.06 bits per heavy atom. The number of hydrogen-bond acceptors (Lipinski definition) is 4. The number of fused-ring (bicyclic) bond motifs is 1. The van der Waals surface area contributed by atoms with Crippen molar-refractivity contribution >= 4 is 11.8 Å². The summed E-state index contributed by atoms with van der Waals surface area (Å²) in [6.07, 6.45) is 8.86. The third-order valence-corrected chi connectivity index (χ3v) is 9.49. The van der Waals surface area contributed by atoms with E-state index in [9.17, 15) is 14.7 Å². The lowest BCUT2D eigenvalue weighted by Gasteiger charge is -2.56. The Bertz CT molecular complexity index is 949. The van der Waals surface area contributed by atoms with Gasteiger partial charge in [-0.15, -0.1) is 0 Å². The highest BCUT2D eigenvalue weighted by Crippen LogP contribution is 2.55. The number of amides is 2. The minimum Gasteiger partial charge on any atom is -0.392 e. The van der Waals surface area contributed by atoms with Crippen LogP contribution in [0.4, 0.5) is 0 Å². The first kappa shape index (κ1) is 25.7. The number of aliphatic hydroxyl groups is 1. The van der Waals surface area contributed by atoms with Crippen LogP contribution in [-0.2, 0) is 4.79 Å². The van der Waals surface area contributed by atoms with E-state index in [0.29, 0.717) is 11.1 Å². The number of rotatable bonds is 5. The third-order valence-electron chi connectivity index (χ3n) is 9.49. The lowest BCUT2D eigenvalue weighted by atomic mass is 9.51. The standard InChI is InChI=1S/C29H41N3O3/c1-18(27(34)31-22-7-5-4-6-8-22)23-13-15-29(3)16-14-24(19(2)25(29)26(23)33)32-28(35)21-11-9-20(17-30)10-12-21/h9-12,18-19,22-26,33H,4-8,13-16H2,1-3H3,(H,31,34)(H,32,35)/t18-,19-,23+,24-,25+,26-,29+/m0/s1. The van der Waals surface area contributed by atoms with Gasteiger partial charge in [-0.1, -0.05) is 40.0 Å². The van der Waals surface area contributed by atoms with Crippen LogP contribution in [-0.4, -0.2) is 35.1 Å². The summed E-state index contributed by atoms with van der Waals surface area (Å²) in [5.41, 5.74) is 1.09. The highest BCUT2D eigenvalue weighted by Gasteiger charge is 2.54. The van der Waals surface area contributed by atoms with E-state index >= 15 is 0 Å². The van der Waals surface area contributed by atoms with E-state index in [-0.39, 0.29) is 53.0 Å². The van der Waals surface area contributed by atoms with Crippen LogP contribution in [0, 0.1) is 40.4 Å². The highest BCUT2D eigenvalue weighted by atomic mass is 16.3.